The molecule has 0 radical (unpaired) electrons. The van der Waals surface area contributed by atoms with Crippen LogP contribution in [-0.2, 0) is 23.1 Å². The van der Waals surface area contributed by atoms with Crippen LogP contribution in [0.3, 0.4) is 0 Å². The lowest BCUT2D eigenvalue weighted by Crippen LogP contribution is -2.69. The lowest BCUT2D eigenvalue weighted by atomic mass is 9.51. The van der Waals surface area contributed by atoms with Gasteiger partial charge in [0.05, 0.1) is 24.9 Å². The Balaban J connectivity index is 1.72. The predicted octanol–water partition coefficient (Wildman–Crippen LogP) is 8.11. The highest BCUT2D eigenvalue weighted by Gasteiger charge is 2.63. The molecule has 5 rings (SSSR count). The van der Waals surface area contributed by atoms with E-state index < -0.39 is 39.4 Å². The molecule has 1 unspecified atom stereocenters. The topological polar surface area (TPSA) is 74.2 Å². The van der Waals surface area contributed by atoms with Crippen LogP contribution in [0.1, 0.15) is 95.4 Å². The summed E-state index contributed by atoms with van der Waals surface area (Å²) < 4.78 is 28.6. The van der Waals surface area contributed by atoms with Gasteiger partial charge in [-0.25, -0.2) is 0 Å². The molecule has 2 aromatic carbocycles. The van der Waals surface area contributed by atoms with Gasteiger partial charge in [-0.15, -0.1) is 0 Å². The number of Topliss-reactive ketones (excluding diaryl/α,β-unsaturated/α-hetero) is 1. The number of rotatable bonds is 7. The van der Waals surface area contributed by atoms with Crippen LogP contribution < -0.4 is 10.4 Å². The van der Waals surface area contributed by atoms with Gasteiger partial charge in [-0.2, -0.15) is 0 Å². The summed E-state index contributed by atoms with van der Waals surface area (Å²) in [5.74, 6) is -1.17. The summed E-state index contributed by atoms with van der Waals surface area (Å²) in [5, 5.41) is 14.5. The quantitative estimate of drug-likeness (QED) is 0.291. The second-order valence-electron chi connectivity index (χ2n) is 19.4. The van der Waals surface area contributed by atoms with Gasteiger partial charge in [0.1, 0.15) is 5.78 Å². The van der Waals surface area contributed by atoms with Gasteiger partial charge in [-0.3, -0.25) is 4.79 Å². The summed E-state index contributed by atoms with van der Waals surface area (Å²) in [6.45, 7) is 29.6. The molecule has 0 spiro atoms. The maximum absolute atomic E-state index is 13.9. The number of hydrogen-bond donors (Lipinski definition) is 1. The Morgan fingerprint density at radius 3 is 1.90 bits per heavy atom. The van der Waals surface area contributed by atoms with Crippen molar-refractivity contribution in [1.82, 2.24) is 0 Å². The highest BCUT2D eigenvalue weighted by Crippen LogP contribution is 2.58. The molecule has 2 aromatic rings. The first-order chi connectivity index (χ1) is 23.0. The van der Waals surface area contributed by atoms with Gasteiger partial charge in [0.25, 0.3) is 8.32 Å². The van der Waals surface area contributed by atoms with Crippen LogP contribution in [-0.4, -0.2) is 64.8 Å². The lowest BCUT2D eigenvalue weighted by molar-refractivity contribution is -0.333. The van der Waals surface area contributed by atoms with E-state index >= 15 is 0 Å². The molecule has 1 aliphatic heterocycles. The normalized spacial score (nSPS) is 32.0. The third kappa shape index (κ3) is 7.04. The van der Waals surface area contributed by atoms with Crippen molar-refractivity contribution in [3.63, 3.8) is 0 Å². The van der Waals surface area contributed by atoms with Gasteiger partial charge in [0, 0.05) is 36.2 Å². The molecule has 6 nitrogen and oxygen atoms in total. The molecule has 1 N–H and O–H groups in total. The van der Waals surface area contributed by atoms with Crippen molar-refractivity contribution in [2.75, 3.05) is 13.2 Å². The van der Waals surface area contributed by atoms with Crippen LogP contribution >= 0.6 is 0 Å². The standard InChI is InChI=1S/C42H66O6Si2/c1-38(2,3)49(12,13)48-33-24-25-42(11)35(44)26-34(43)40(7,8)32-28-45-41(9,10)47-37(32)36(42)31(33)27-46-50(39(4,5)6,29-20-16-14-17-21-29)30-22-18-15-19-23-30/h14-23,31-33,35-37,44H,24-28H2,1-13H3/t31-,32+,33+,35?,36+,37+,42+/m1/s1. The van der Waals surface area contributed by atoms with Crippen molar-refractivity contribution in [1.29, 1.82) is 0 Å². The van der Waals surface area contributed by atoms with Gasteiger partial charge < -0.3 is 23.4 Å². The molecule has 2 saturated carbocycles. The van der Waals surface area contributed by atoms with Crippen molar-refractivity contribution in [2.45, 2.75) is 143 Å². The minimum absolute atomic E-state index is 0.0196. The van der Waals surface area contributed by atoms with Crippen molar-refractivity contribution in [2.24, 2.45) is 28.6 Å². The van der Waals surface area contributed by atoms with E-state index in [4.69, 9.17) is 18.3 Å². The Labute approximate surface area is 305 Å². The Hall–Kier alpha value is -1.66. The molecular formula is C42H66O6Si2. The van der Waals surface area contributed by atoms with E-state index in [0.717, 1.165) is 12.8 Å². The summed E-state index contributed by atoms with van der Waals surface area (Å²) in [6.07, 6.45) is 0.432. The van der Waals surface area contributed by atoms with E-state index in [1.807, 2.05) is 27.7 Å². The number of aliphatic hydroxyl groups excluding tert-OH is 1. The van der Waals surface area contributed by atoms with Gasteiger partial charge >= 0.3 is 0 Å². The van der Waals surface area contributed by atoms with Crippen molar-refractivity contribution in [3.05, 3.63) is 60.7 Å². The second-order valence-corrected chi connectivity index (χ2v) is 28.5. The van der Waals surface area contributed by atoms with Crippen LogP contribution in [0.4, 0.5) is 0 Å². The maximum atomic E-state index is 13.9. The molecule has 0 aromatic heterocycles. The van der Waals surface area contributed by atoms with E-state index in [9.17, 15) is 9.90 Å². The molecule has 0 amide bonds. The molecule has 2 aliphatic carbocycles. The average molecular weight is 723 g/mol. The second kappa shape index (κ2) is 13.6. The molecule has 1 heterocycles. The molecular weight excluding hydrogens is 657 g/mol. The number of carbonyl (C=O) groups is 1. The van der Waals surface area contributed by atoms with E-state index in [2.05, 4.69) is 122 Å². The largest absolute Gasteiger partial charge is 0.414 e. The number of fused-ring (bicyclic) bond motifs is 3. The van der Waals surface area contributed by atoms with Crippen molar-refractivity contribution in [3.8, 4) is 0 Å². The van der Waals surface area contributed by atoms with E-state index in [-0.39, 0.29) is 52.2 Å². The number of ether oxygens (including phenoxy) is 2. The summed E-state index contributed by atoms with van der Waals surface area (Å²) in [7, 11) is -5.15. The van der Waals surface area contributed by atoms with Crippen LogP contribution in [0.25, 0.3) is 0 Å². The molecule has 0 bridgehead atoms. The zero-order chi connectivity index (χ0) is 37.1. The molecule has 3 aliphatic rings. The third-order valence-corrected chi connectivity index (χ3v) is 22.9. The summed E-state index contributed by atoms with van der Waals surface area (Å²) in [5.41, 5.74) is -1.32. The van der Waals surface area contributed by atoms with E-state index in [0.29, 0.717) is 13.2 Å². The van der Waals surface area contributed by atoms with Crippen LogP contribution in [0, 0.1) is 28.6 Å². The first-order valence-corrected chi connectivity index (χ1v) is 23.8. The predicted molar refractivity (Wildman–Crippen MR) is 208 cm³/mol. The van der Waals surface area contributed by atoms with Crippen LogP contribution in [0.15, 0.2) is 60.7 Å². The Kier molecular flexibility index (Phi) is 10.8. The molecule has 3 fully saturated rings. The van der Waals surface area contributed by atoms with E-state index in [1.54, 1.807) is 0 Å². The third-order valence-electron chi connectivity index (χ3n) is 13.4. The Morgan fingerprint density at radius 1 is 0.860 bits per heavy atom. The molecule has 7 atom stereocenters. The number of benzene rings is 2. The lowest BCUT2D eigenvalue weighted by Gasteiger charge is -2.61. The highest BCUT2D eigenvalue weighted by molar-refractivity contribution is 6.99. The molecule has 1 saturated heterocycles. The van der Waals surface area contributed by atoms with Gasteiger partial charge in [0.2, 0.25) is 0 Å². The first-order valence-electron chi connectivity index (χ1n) is 18.9. The zero-order valence-corrected chi connectivity index (χ0v) is 35.3. The maximum Gasteiger partial charge on any atom is 0.261 e. The van der Waals surface area contributed by atoms with Crippen LogP contribution in [0.5, 0.6) is 0 Å². The summed E-state index contributed by atoms with van der Waals surface area (Å²) in [4.78, 5) is 13.9. The number of carbonyl (C=O) groups excluding carboxylic acids is 1. The number of aliphatic hydroxyl groups is 1. The molecule has 50 heavy (non-hydrogen) atoms. The molecule has 278 valence electrons. The van der Waals surface area contributed by atoms with Gasteiger partial charge in [0.15, 0.2) is 14.1 Å². The first kappa shape index (κ1) is 39.5. The average Bonchev–Trinajstić information content (AvgIpc) is 3.01. The Bertz CT molecular complexity index is 1440. The minimum atomic E-state index is -2.92. The van der Waals surface area contributed by atoms with Crippen LogP contribution in [0.2, 0.25) is 23.2 Å². The monoisotopic (exact) mass is 722 g/mol. The van der Waals surface area contributed by atoms with E-state index in [1.165, 1.54) is 10.4 Å². The minimum Gasteiger partial charge on any atom is -0.414 e. The van der Waals surface area contributed by atoms with Gasteiger partial charge in [-0.05, 0) is 65.6 Å². The number of hydrogen-bond acceptors (Lipinski definition) is 6. The summed E-state index contributed by atoms with van der Waals surface area (Å²) >= 11 is 0. The fourth-order valence-electron chi connectivity index (χ4n) is 9.11. The van der Waals surface area contributed by atoms with Crippen molar-refractivity contribution >= 4 is 32.8 Å². The SMILES string of the molecule is CC1(C)OC[C@H]2[C@H](O1)[C@@H]1[C@H](CO[Si](c3ccccc3)(c3ccccc3)C(C)(C)C)[C@@H](O[Si](C)(C)C(C)(C)C)CC[C@@]1(C)C(O)CC(=O)C2(C)C. The van der Waals surface area contributed by atoms with Gasteiger partial charge in [-0.1, -0.05) is 123 Å². The smallest absolute Gasteiger partial charge is 0.261 e. The zero-order valence-electron chi connectivity index (χ0n) is 33.3. The van der Waals surface area contributed by atoms with Crippen molar-refractivity contribution < 1.29 is 28.2 Å². The fraction of sp³-hybridized carbons (Fsp3) is 0.690. The summed E-state index contributed by atoms with van der Waals surface area (Å²) in [6, 6.07) is 21.6. The highest BCUT2D eigenvalue weighted by atomic mass is 28.4. The Morgan fingerprint density at radius 2 is 1.40 bits per heavy atom. The number of ketones is 1. The molecule has 8 heteroatoms. The fourth-order valence-corrected chi connectivity index (χ4v) is 15.1.